The van der Waals surface area contributed by atoms with Gasteiger partial charge in [0.15, 0.2) is 0 Å². The second-order valence-electron chi connectivity index (χ2n) is 5.11. The smallest absolute Gasteiger partial charge is 0.119 e. The summed E-state index contributed by atoms with van der Waals surface area (Å²) in [5.74, 6) is 1.51. The van der Waals surface area contributed by atoms with Crippen molar-refractivity contribution in [3.05, 3.63) is 47.5 Å². The van der Waals surface area contributed by atoms with Gasteiger partial charge in [0, 0.05) is 0 Å². The van der Waals surface area contributed by atoms with E-state index < -0.39 is 0 Å². The van der Waals surface area contributed by atoms with Gasteiger partial charge in [0.1, 0.15) is 11.5 Å². The molecule has 2 aromatic carbocycles. The third-order valence-corrected chi connectivity index (χ3v) is 3.38. The van der Waals surface area contributed by atoms with Gasteiger partial charge in [-0.15, -0.1) is 0 Å². The topological polar surface area (TPSA) is 29.5 Å². The van der Waals surface area contributed by atoms with Gasteiger partial charge in [0.05, 0.1) is 7.11 Å². The fourth-order valence-corrected chi connectivity index (χ4v) is 2.27. The van der Waals surface area contributed by atoms with Gasteiger partial charge in [-0.05, 0) is 59.4 Å². The van der Waals surface area contributed by atoms with Gasteiger partial charge in [-0.1, -0.05) is 26.0 Å². The third-order valence-electron chi connectivity index (χ3n) is 3.38. The van der Waals surface area contributed by atoms with Crippen molar-refractivity contribution >= 4 is 0 Å². The Morgan fingerprint density at radius 3 is 2.47 bits per heavy atom. The van der Waals surface area contributed by atoms with Gasteiger partial charge in [-0.2, -0.15) is 0 Å². The van der Waals surface area contributed by atoms with Crippen LogP contribution in [0.4, 0.5) is 0 Å². The lowest BCUT2D eigenvalue weighted by molar-refractivity contribution is 0.415. The molecule has 0 saturated carbocycles. The van der Waals surface area contributed by atoms with Crippen LogP contribution in [-0.4, -0.2) is 12.2 Å². The number of aromatic hydroxyl groups is 1. The van der Waals surface area contributed by atoms with Gasteiger partial charge in [-0.25, -0.2) is 0 Å². The summed E-state index contributed by atoms with van der Waals surface area (Å²) in [6, 6.07) is 11.9. The number of aryl methyl sites for hydroxylation is 1. The summed E-state index contributed by atoms with van der Waals surface area (Å²) < 4.78 is 5.27. The van der Waals surface area contributed by atoms with Crippen molar-refractivity contribution < 1.29 is 9.84 Å². The number of hydrogen-bond donors (Lipinski definition) is 1. The van der Waals surface area contributed by atoms with Crippen LogP contribution >= 0.6 is 0 Å². The summed E-state index contributed by atoms with van der Waals surface area (Å²) in [7, 11) is 1.67. The first-order valence-corrected chi connectivity index (χ1v) is 6.51. The van der Waals surface area contributed by atoms with E-state index in [1.54, 1.807) is 7.11 Å². The minimum Gasteiger partial charge on any atom is -0.508 e. The SMILES string of the molecule is COc1cccc(-c2cc(C(C)C)c(O)cc2C)c1. The van der Waals surface area contributed by atoms with Crippen LogP contribution in [0.25, 0.3) is 11.1 Å². The molecular weight excluding hydrogens is 236 g/mol. The first-order chi connectivity index (χ1) is 9.02. The summed E-state index contributed by atoms with van der Waals surface area (Å²) in [6.45, 7) is 6.18. The molecule has 100 valence electrons. The molecule has 0 atom stereocenters. The lowest BCUT2D eigenvalue weighted by Crippen LogP contribution is -1.93. The first-order valence-electron chi connectivity index (χ1n) is 6.51. The van der Waals surface area contributed by atoms with Crippen molar-refractivity contribution in [1.82, 2.24) is 0 Å². The zero-order valence-corrected chi connectivity index (χ0v) is 11.9. The highest BCUT2D eigenvalue weighted by Crippen LogP contribution is 2.34. The molecule has 0 heterocycles. The highest BCUT2D eigenvalue weighted by molar-refractivity contribution is 5.71. The number of hydrogen-bond acceptors (Lipinski definition) is 2. The van der Waals surface area contributed by atoms with Crippen LogP contribution in [0.3, 0.4) is 0 Å². The van der Waals surface area contributed by atoms with Crippen LogP contribution < -0.4 is 4.74 Å². The van der Waals surface area contributed by atoms with E-state index in [9.17, 15) is 5.11 Å². The van der Waals surface area contributed by atoms with Gasteiger partial charge in [-0.3, -0.25) is 0 Å². The summed E-state index contributed by atoms with van der Waals surface area (Å²) >= 11 is 0. The van der Waals surface area contributed by atoms with Crippen LogP contribution in [0.1, 0.15) is 30.9 Å². The quantitative estimate of drug-likeness (QED) is 0.876. The maximum absolute atomic E-state index is 10.0. The highest BCUT2D eigenvalue weighted by atomic mass is 16.5. The van der Waals surface area contributed by atoms with E-state index in [-0.39, 0.29) is 0 Å². The molecule has 2 heteroatoms. The van der Waals surface area contributed by atoms with E-state index in [1.165, 1.54) is 0 Å². The molecule has 0 aromatic heterocycles. The molecule has 0 radical (unpaired) electrons. The van der Waals surface area contributed by atoms with Gasteiger partial charge in [0.2, 0.25) is 0 Å². The zero-order valence-electron chi connectivity index (χ0n) is 11.9. The minimum absolute atomic E-state index is 0.296. The van der Waals surface area contributed by atoms with Crippen molar-refractivity contribution in [3.63, 3.8) is 0 Å². The van der Waals surface area contributed by atoms with E-state index in [0.717, 1.165) is 28.0 Å². The van der Waals surface area contributed by atoms with Gasteiger partial charge in [0.25, 0.3) is 0 Å². The zero-order chi connectivity index (χ0) is 14.0. The van der Waals surface area contributed by atoms with E-state index in [1.807, 2.05) is 31.2 Å². The number of rotatable bonds is 3. The lowest BCUT2D eigenvalue weighted by Gasteiger charge is -2.14. The number of phenols is 1. The monoisotopic (exact) mass is 256 g/mol. The van der Waals surface area contributed by atoms with E-state index in [2.05, 4.69) is 26.0 Å². The minimum atomic E-state index is 0.296. The Labute approximate surface area is 114 Å². The molecule has 0 aliphatic heterocycles. The Hall–Kier alpha value is -1.96. The largest absolute Gasteiger partial charge is 0.508 e. The molecular formula is C17H20O2. The van der Waals surface area contributed by atoms with E-state index in [4.69, 9.17) is 4.74 Å². The van der Waals surface area contributed by atoms with Crippen LogP contribution in [0.2, 0.25) is 0 Å². The van der Waals surface area contributed by atoms with Crippen LogP contribution in [0, 0.1) is 6.92 Å². The molecule has 2 nitrogen and oxygen atoms in total. The Balaban J connectivity index is 2.57. The molecule has 0 bridgehead atoms. The molecule has 0 saturated heterocycles. The van der Waals surface area contributed by atoms with Gasteiger partial charge < -0.3 is 9.84 Å². The predicted octanol–water partition coefficient (Wildman–Crippen LogP) is 4.50. The number of benzene rings is 2. The lowest BCUT2D eigenvalue weighted by atomic mass is 9.93. The molecule has 0 spiro atoms. The average Bonchev–Trinajstić information content (AvgIpc) is 2.38. The Kier molecular flexibility index (Phi) is 3.79. The third kappa shape index (κ3) is 2.73. The predicted molar refractivity (Wildman–Crippen MR) is 78.9 cm³/mol. The summed E-state index contributed by atoms with van der Waals surface area (Å²) in [4.78, 5) is 0. The van der Waals surface area contributed by atoms with Crippen molar-refractivity contribution in [2.75, 3.05) is 7.11 Å². The molecule has 2 aromatic rings. The average molecular weight is 256 g/mol. The number of methoxy groups -OCH3 is 1. The molecule has 0 fully saturated rings. The van der Waals surface area contributed by atoms with Crippen LogP contribution in [0.5, 0.6) is 11.5 Å². The molecule has 19 heavy (non-hydrogen) atoms. The second kappa shape index (κ2) is 5.35. The van der Waals surface area contributed by atoms with Crippen molar-refractivity contribution in [3.8, 4) is 22.6 Å². The number of ether oxygens (including phenoxy) is 1. The van der Waals surface area contributed by atoms with E-state index in [0.29, 0.717) is 11.7 Å². The van der Waals surface area contributed by atoms with Crippen molar-refractivity contribution in [2.45, 2.75) is 26.7 Å². The van der Waals surface area contributed by atoms with Crippen molar-refractivity contribution in [2.24, 2.45) is 0 Å². The molecule has 0 amide bonds. The second-order valence-corrected chi connectivity index (χ2v) is 5.11. The molecule has 0 aliphatic rings. The molecule has 1 N–H and O–H groups in total. The first kappa shape index (κ1) is 13.5. The maximum Gasteiger partial charge on any atom is 0.119 e. The molecule has 0 aliphatic carbocycles. The van der Waals surface area contributed by atoms with Crippen LogP contribution in [-0.2, 0) is 0 Å². The van der Waals surface area contributed by atoms with Gasteiger partial charge >= 0.3 is 0 Å². The fraction of sp³-hybridized carbons (Fsp3) is 0.294. The Morgan fingerprint density at radius 1 is 1.11 bits per heavy atom. The Morgan fingerprint density at radius 2 is 1.84 bits per heavy atom. The summed E-state index contributed by atoms with van der Waals surface area (Å²) in [5, 5.41) is 10.0. The maximum atomic E-state index is 10.0. The van der Waals surface area contributed by atoms with Crippen LogP contribution in [0.15, 0.2) is 36.4 Å². The standard InChI is InChI=1S/C17H20O2/c1-11(2)15-10-16(12(3)8-17(15)18)13-6-5-7-14(9-13)19-4/h5-11,18H,1-4H3. The summed E-state index contributed by atoms with van der Waals surface area (Å²) in [5.41, 5.74) is 4.29. The number of phenolic OH excluding ortho intramolecular Hbond substituents is 1. The Bertz CT molecular complexity index is 586. The molecule has 2 rings (SSSR count). The van der Waals surface area contributed by atoms with Crippen molar-refractivity contribution in [1.29, 1.82) is 0 Å². The fourth-order valence-electron chi connectivity index (χ4n) is 2.27. The summed E-state index contributed by atoms with van der Waals surface area (Å²) in [6.07, 6.45) is 0. The molecule has 0 unspecified atom stereocenters. The highest BCUT2D eigenvalue weighted by Gasteiger charge is 2.11. The van der Waals surface area contributed by atoms with E-state index >= 15 is 0 Å². The normalized spacial score (nSPS) is 10.8.